The van der Waals surface area contributed by atoms with Crippen LogP contribution in [0.25, 0.3) is 0 Å². The van der Waals surface area contributed by atoms with Gasteiger partial charge in [-0.25, -0.2) is 10.5 Å². The van der Waals surface area contributed by atoms with E-state index < -0.39 is 0 Å². The van der Waals surface area contributed by atoms with Crippen LogP contribution in [0.2, 0.25) is 0 Å². The molecule has 0 aliphatic carbocycles. The van der Waals surface area contributed by atoms with Gasteiger partial charge in [-0.15, -0.1) is 0 Å². The first-order chi connectivity index (χ1) is 1.91. The van der Waals surface area contributed by atoms with Gasteiger partial charge < -0.3 is 0 Å². The molecule has 0 atom stereocenters. The van der Waals surface area contributed by atoms with E-state index in [4.69, 9.17) is 10.5 Å². The zero-order chi connectivity index (χ0) is 3.41. The van der Waals surface area contributed by atoms with Crippen LogP contribution in [0, 0.1) is 0 Å². The van der Waals surface area contributed by atoms with Crippen LogP contribution in [0.1, 0.15) is 0 Å². The SMILES string of the molecule is OOOO.[Ni]. The van der Waals surface area contributed by atoms with E-state index in [0.29, 0.717) is 0 Å². The molecule has 5 heteroatoms. The van der Waals surface area contributed by atoms with E-state index in [1.165, 1.54) is 0 Å². The van der Waals surface area contributed by atoms with Gasteiger partial charge in [-0.05, 0) is 10.1 Å². The van der Waals surface area contributed by atoms with Crippen molar-refractivity contribution in [2.24, 2.45) is 0 Å². The summed E-state index contributed by atoms with van der Waals surface area (Å²) in [6.07, 6.45) is 0. The molecule has 0 radical (unpaired) electrons. The predicted octanol–water partition coefficient (Wildman–Crippen LogP) is -0.122. The Morgan fingerprint density at radius 2 is 1.20 bits per heavy atom. The van der Waals surface area contributed by atoms with Crippen molar-refractivity contribution in [2.75, 3.05) is 0 Å². The standard InChI is InChI=1S/Ni.H2O4/c;1-3-4-2/h;1-2H. The van der Waals surface area contributed by atoms with Crippen LogP contribution in [-0.4, -0.2) is 10.5 Å². The van der Waals surface area contributed by atoms with E-state index in [2.05, 4.69) is 10.1 Å². The van der Waals surface area contributed by atoms with E-state index in [-0.39, 0.29) is 16.5 Å². The maximum absolute atomic E-state index is 6.90. The minimum absolute atomic E-state index is 0. The molecule has 4 nitrogen and oxygen atoms in total. The third-order valence-corrected chi connectivity index (χ3v) is 0.0333. The van der Waals surface area contributed by atoms with Gasteiger partial charge in [-0.2, -0.15) is 0 Å². The molecule has 0 aliphatic heterocycles. The molecule has 0 unspecified atom stereocenters. The molecule has 36 valence electrons. The maximum atomic E-state index is 6.90. The molecular formula is H2NiO4. The fourth-order valence-electron chi connectivity index (χ4n) is 0. The van der Waals surface area contributed by atoms with Gasteiger partial charge in [0.2, 0.25) is 0 Å². The molecular weight excluding hydrogens is 123 g/mol. The first-order valence-corrected chi connectivity index (χ1v) is 0.532. The zero-order valence-electron chi connectivity index (χ0n) is 2.03. The second kappa shape index (κ2) is 8.84. The summed E-state index contributed by atoms with van der Waals surface area (Å²) in [5.74, 6) is 0. The van der Waals surface area contributed by atoms with E-state index in [0.717, 1.165) is 0 Å². The Morgan fingerprint density at radius 3 is 1.20 bits per heavy atom. The van der Waals surface area contributed by atoms with Gasteiger partial charge in [0.1, 0.15) is 0 Å². The van der Waals surface area contributed by atoms with Crippen LogP contribution in [0.4, 0.5) is 0 Å². The first kappa shape index (κ1) is 9.01. The minimum atomic E-state index is 0. The number of rotatable bonds is 1. The smallest absolute Gasteiger partial charge is 0 e. The van der Waals surface area contributed by atoms with Crippen molar-refractivity contribution in [2.45, 2.75) is 0 Å². The third kappa shape index (κ3) is 13.3. The van der Waals surface area contributed by atoms with Crippen molar-refractivity contribution in [3.05, 3.63) is 0 Å². The average Bonchev–Trinajstić information content (AvgIpc) is 1.37. The fraction of sp³-hybridized carbons (Fsp3) is 0. The molecule has 0 rings (SSSR count). The van der Waals surface area contributed by atoms with Crippen molar-refractivity contribution in [1.82, 2.24) is 0 Å². The van der Waals surface area contributed by atoms with Crippen molar-refractivity contribution < 1.29 is 37.1 Å². The second-order valence-electron chi connectivity index (χ2n) is 0.149. The summed E-state index contributed by atoms with van der Waals surface area (Å²) < 4.78 is 0. The number of hydrogen-bond donors (Lipinski definition) is 2. The molecule has 0 amide bonds. The summed E-state index contributed by atoms with van der Waals surface area (Å²) in [6.45, 7) is 0. The van der Waals surface area contributed by atoms with Gasteiger partial charge in [0.25, 0.3) is 0 Å². The predicted molar refractivity (Wildman–Crippen MR) is 7.43 cm³/mol. The quantitative estimate of drug-likeness (QED) is 0.291. The largest absolute Gasteiger partial charge is 0.219 e. The van der Waals surface area contributed by atoms with E-state index >= 15 is 0 Å². The van der Waals surface area contributed by atoms with Gasteiger partial charge in [0.05, 0.1) is 0 Å². The molecule has 0 aliphatic rings. The van der Waals surface area contributed by atoms with Gasteiger partial charge in [0.15, 0.2) is 0 Å². The van der Waals surface area contributed by atoms with Crippen LogP contribution in [0.15, 0.2) is 0 Å². The van der Waals surface area contributed by atoms with Crippen molar-refractivity contribution in [3.8, 4) is 0 Å². The van der Waals surface area contributed by atoms with E-state index in [9.17, 15) is 0 Å². The molecule has 0 heterocycles. The van der Waals surface area contributed by atoms with Gasteiger partial charge in [0, 0.05) is 16.5 Å². The van der Waals surface area contributed by atoms with Crippen LogP contribution >= 0.6 is 0 Å². The zero-order valence-corrected chi connectivity index (χ0v) is 3.01. The monoisotopic (exact) mass is 124 g/mol. The van der Waals surface area contributed by atoms with Gasteiger partial charge >= 0.3 is 0 Å². The minimum Gasteiger partial charge on any atom is -0.219 e. The molecule has 0 fully saturated rings. The molecule has 5 heavy (non-hydrogen) atoms. The Balaban J connectivity index is 0. The summed E-state index contributed by atoms with van der Waals surface area (Å²) in [5.41, 5.74) is 0. The fourth-order valence-corrected chi connectivity index (χ4v) is 0. The van der Waals surface area contributed by atoms with Crippen LogP contribution < -0.4 is 0 Å². The van der Waals surface area contributed by atoms with Gasteiger partial charge in [-0.1, -0.05) is 0 Å². The first-order valence-electron chi connectivity index (χ1n) is 0.532. The molecule has 0 saturated heterocycles. The molecule has 0 aromatic carbocycles. The Bertz CT molecular complexity index is 5.61. The van der Waals surface area contributed by atoms with E-state index in [1.54, 1.807) is 0 Å². The molecule has 0 saturated carbocycles. The average molecular weight is 125 g/mol. The van der Waals surface area contributed by atoms with Crippen LogP contribution in [0.3, 0.4) is 0 Å². The normalized spacial score (nSPS) is 6.00. The van der Waals surface area contributed by atoms with Crippen molar-refractivity contribution >= 4 is 0 Å². The molecule has 0 bridgehead atoms. The van der Waals surface area contributed by atoms with Crippen LogP contribution in [0.5, 0.6) is 0 Å². The molecule has 0 aromatic heterocycles. The summed E-state index contributed by atoms with van der Waals surface area (Å²) in [5, 5.41) is 19.0. The van der Waals surface area contributed by atoms with E-state index in [1.807, 2.05) is 0 Å². The topological polar surface area (TPSA) is 58.9 Å². The molecule has 0 aromatic rings. The molecule has 2 N–H and O–H groups in total. The summed E-state index contributed by atoms with van der Waals surface area (Å²) in [4.78, 5) is 0. The summed E-state index contributed by atoms with van der Waals surface area (Å²) in [7, 11) is 0. The molecule has 0 spiro atoms. The summed E-state index contributed by atoms with van der Waals surface area (Å²) >= 11 is 0. The van der Waals surface area contributed by atoms with Crippen molar-refractivity contribution in [1.29, 1.82) is 0 Å². The Morgan fingerprint density at radius 1 is 1.00 bits per heavy atom. The summed E-state index contributed by atoms with van der Waals surface area (Å²) in [6, 6.07) is 0. The Labute approximate surface area is 38.0 Å². The Hall–Kier alpha value is 0.334. The number of hydrogen-bond acceptors (Lipinski definition) is 4. The van der Waals surface area contributed by atoms with Gasteiger partial charge in [-0.3, -0.25) is 0 Å². The Kier molecular flexibility index (Phi) is 15.9. The second-order valence-corrected chi connectivity index (χ2v) is 0.149. The van der Waals surface area contributed by atoms with Crippen molar-refractivity contribution in [3.63, 3.8) is 0 Å². The maximum Gasteiger partial charge on any atom is 0 e. The van der Waals surface area contributed by atoms with Crippen LogP contribution in [-0.2, 0) is 26.6 Å². The third-order valence-electron chi connectivity index (χ3n) is 0.0333.